The number of nitrogens with zero attached hydrogens (tertiary/aromatic N) is 1. The number of hydrogen-bond donors (Lipinski definition) is 1. The van der Waals surface area contributed by atoms with Gasteiger partial charge in [-0.25, -0.2) is 0 Å². The van der Waals surface area contributed by atoms with Crippen molar-refractivity contribution >= 4 is 10.8 Å². The molecule has 2 heteroatoms. The summed E-state index contributed by atoms with van der Waals surface area (Å²) < 4.78 is 0. The molecule has 0 fully saturated rings. The van der Waals surface area contributed by atoms with Gasteiger partial charge in [0.2, 0.25) is 0 Å². The second kappa shape index (κ2) is 4.97. The van der Waals surface area contributed by atoms with Gasteiger partial charge < -0.3 is 5.32 Å². The van der Waals surface area contributed by atoms with Gasteiger partial charge in [-0.2, -0.15) is 0 Å². The van der Waals surface area contributed by atoms with E-state index in [-0.39, 0.29) is 0 Å². The summed E-state index contributed by atoms with van der Waals surface area (Å²) in [6, 6.07) is 13.5. The lowest BCUT2D eigenvalue weighted by Crippen LogP contribution is -2.05. The molecule has 0 bridgehead atoms. The first-order chi connectivity index (χ1) is 10.4. The van der Waals surface area contributed by atoms with Gasteiger partial charge in [-0.05, 0) is 59.0 Å². The van der Waals surface area contributed by atoms with Crippen molar-refractivity contribution in [3.05, 3.63) is 65.5 Å². The zero-order valence-electron chi connectivity index (χ0n) is 12.2. The van der Waals surface area contributed by atoms with Gasteiger partial charge in [-0.3, -0.25) is 4.98 Å². The van der Waals surface area contributed by atoms with Gasteiger partial charge in [-0.1, -0.05) is 30.3 Å². The van der Waals surface area contributed by atoms with E-state index in [1.807, 2.05) is 19.4 Å². The standard InChI is InChI=1S/C19H18N2/c1-20-10-13-9-16(12-21-11-13)17-8-7-15-6-5-14-3-2-4-18(17)19(14)15/h2-4,7-9,11-12,20H,5-6,10H2,1H3. The Balaban J connectivity index is 1.94. The molecular weight excluding hydrogens is 256 g/mol. The van der Waals surface area contributed by atoms with Crippen molar-refractivity contribution in [2.45, 2.75) is 19.4 Å². The van der Waals surface area contributed by atoms with E-state index in [9.17, 15) is 0 Å². The summed E-state index contributed by atoms with van der Waals surface area (Å²) in [7, 11) is 1.96. The third kappa shape index (κ3) is 2.03. The Morgan fingerprint density at radius 1 is 1.05 bits per heavy atom. The van der Waals surface area contributed by atoms with E-state index >= 15 is 0 Å². The van der Waals surface area contributed by atoms with E-state index in [0.29, 0.717) is 0 Å². The van der Waals surface area contributed by atoms with Crippen LogP contribution in [0.25, 0.3) is 21.9 Å². The molecule has 0 aliphatic heterocycles. The zero-order valence-corrected chi connectivity index (χ0v) is 12.2. The summed E-state index contributed by atoms with van der Waals surface area (Å²) in [6.45, 7) is 0.849. The van der Waals surface area contributed by atoms with E-state index in [1.165, 1.54) is 51.4 Å². The maximum Gasteiger partial charge on any atom is 0.0346 e. The van der Waals surface area contributed by atoms with Crippen LogP contribution in [0.3, 0.4) is 0 Å². The summed E-state index contributed by atoms with van der Waals surface area (Å²) in [5, 5.41) is 6.02. The zero-order chi connectivity index (χ0) is 14.2. The Kier molecular flexibility index (Phi) is 2.97. The monoisotopic (exact) mass is 274 g/mol. The molecule has 0 saturated carbocycles. The molecule has 0 amide bonds. The maximum absolute atomic E-state index is 4.41. The Bertz CT molecular complexity index is 811. The third-order valence-electron chi connectivity index (χ3n) is 4.36. The second-order valence-electron chi connectivity index (χ2n) is 5.72. The first-order valence-electron chi connectivity index (χ1n) is 7.49. The molecule has 104 valence electrons. The lowest BCUT2D eigenvalue weighted by atomic mass is 9.95. The van der Waals surface area contributed by atoms with Crippen LogP contribution in [0.4, 0.5) is 0 Å². The first-order valence-corrected chi connectivity index (χ1v) is 7.49. The van der Waals surface area contributed by atoms with Crippen molar-refractivity contribution in [3.63, 3.8) is 0 Å². The SMILES string of the molecule is CNCc1cncc(-c2ccc3c4c(cccc24)CC3)c1. The van der Waals surface area contributed by atoms with Crippen LogP contribution in [-0.2, 0) is 19.4 Å². The average Bonchev–Trinajstić information content (AvgIpc) is 2.94. The molecule has 2 aromatic carbocycles. The number of benzene rings is 2. The lowest BCUT2D eigenvalue weighted by molar-refractivity contribution is 0.814. The van der Waals surface area contributed by atoms with Gasteiger partial charge in [0.25, 0.3) is 0 Å². The van der Waals surface area contributed by atoms with Crippen LogP contribution in [0.2, 0.25) is 0 Å². The highest BCUT2D eigenvalue weighted by atomic mass is 14.8. The molecule has 0 saturated heterocycles. The van der Waals surface area contributed by atoms with Gasteiger partial charge in [0.05, 0.1) is 0 Å². The molecule has 1 aromatic heterocycles. The summed E-state index contributed by atoms with van der Waals surface area (Å²) in [4.78, 5) is 4.41. The fourth-order valence-corrected chi connectivity index (χ4v) is 3.43. The molecule has 0 atom stereocenters. The van der Waals surface area contributed by atoms with Crippen LogP contribution in [0, 0.1) is 0 Å². The van der Waals surface area contributed by atoms with Crippen molar-refractivity contribution in [3.8, 4) is 11.1 Å². The molecule has 3 aromatic rings. The van der Waals surface area contributed by atoms with Crippen LogP contribution in [0.1, 0.15) is 16.7 Å². The summed E-state index contributed by atoms with van der Waals surface area (Å²) >= 11 is 0. The minimum Gasteiger partial charge on any atom is -0.316 e. The summed E-state index contributed by atoms with van der Waals surface area (Å²) in [6.07, 6.45) is 6.25. The summed E-state index contributed by atoms with van der Waals surface area (Å²) in [5.41, 5.74) is 6.70. The Morgan fingerprint density at radius 2 is 1.90 bits per heavy atom. The number of hydrogen-bond acceptors (Lipinski definition) is 2. The molecule has 2 nitrogen and oxygen atoms in total. The van der Waals surface area contributed by atoms with Crippen LogP contribution < -0.4 is 5.32 Å². The quantitative estimate of drug-likeness (QED) is 0.787. The summed E-state index contributed by atoms with van der Waals surface area (Å²) in [5.74, 6) is 0. The third-order valence-corrected chi connectivity index (χ3v) is 4.36. The van der Waals surface area contributed by atoms with Gasteiger partial charge in [0.1, 0.15) is 0 Å². The van der Waals surface area contributed by atoms with Crippen LogP contribution in [-0.4, -0.2) is 12.0 Å². The van der Waals surface area contributed by atoms with E-state index in [4.69, 9.17) is 0 Å². The average molecular weight is 274 g/mol. The highest BCUT2D eigenvalue weighted by Crippen LogP contribution is 2.36. The van der Waals surface area contributed by atoms with Crippen molar-refractivity contribution in [2.24, 2.45) is 0 Å². The van der Waals surface area contributed by atoms with Crippen LogP contribution >= 0.6 is 0 Å². The van der Waals surface area contributed by atoms with Crippen molar-refractivity contribution < 1.29 is 0 Å². The van der Waals surface area contributed by atoms with Crippen molar-refractivity contribution in [2.75, 3.05) is 7.05 Å². The van der Waals surface area contributed by atoms with Crippen molar-refractivity contribution in [1.29, 1.82) is 0 Å². The van der Waals surface area contributed by atoms with Gasteiger partial charge >= 0.3 is 0 Å². The first kappa shape index (κ1) is 12.5. The van der Waals surface area contributed by atoms with Gasteiger partial charge in [-0.15, -0.1) is 0 Å². The number of nitrogens with one attached hydrogen (secondary N) is 1. The fraction of sp³-hybridized carbons (Fsp3) is 0.211. The van der Waals surface area contributed by atoms with Gasteiger partial charge in [0, 0.05) is 24.5 Å². The largest absolute Gasteiger partial charge is 0.316 e. The lowest BCUT2D eigenvalue weighted by Gasteiger charge is -2.10. The van der Waals surface area contributed by atoms with E-state index in [0.717, 1.165) is 6.54 Å². The highest BCUT2D eigenvalue weighted by molar-refractivity contribution is 6.01. The highest BCUT2D eigenvalue weighted by Gasteiger charge is 2.16. The predicted octanol–water partition coefficient (Wildman–Crippen LogP) is 3.72. The number of aromatic nitrogens is 1. The van der Waals surface area contributed by atoms with E-state index in [2.05, 4.69) is 46.7 Å². The second-order valence-corrected chi connectivity index (χ2v) is 5.72. The van der Waals surface area contributed by atoms with E-state index < -0.39 is 0 Å². The molecule has 1 aliphatic rings. The number of pyridine rings is 1. The molecule has 0 spiro atoms. The minimum absolute atomic E-state index is 0.849. The van der Waals surface area contributed by atoms with E-state index in [1.54, 1.807) is 0 Å². The van der Waals surface area contributed by atoms with Crippen LogP contribution in [0.15, 0.2) is 48.8 Å². The molecule has 0 radical (unpaired) electrons. The number of rotatable bonds is 3. The molecule has 21 heavy (non-hydrogen) atoms. The minimum atomic E-state index is 0.849. The topological polar surface area (TPSA) is 24.9 Å². The van der Waals surface area contributed by atoms with Crippen LogP contribution in [0.5, 0.6) is 0 Å². The maximum atomic E-state index is 4.41. The molecular formula is C19H18N2. The Labute approximate surface area is 124 Å². The fourth-order valence-electron chi connectivity index (χ4n) is 3.43. The van der Waals surface area contributed by atoms with Gasteiger partial charge in [0.15, 0.2) is 0 Å². The molecule has 4 rings (SSSR count). The Hall–Kier alpha value is -2.19. The molecule has 1 N–H and O–H groups in total. The number of aryl methyl sites for hydroxylation is 2. The molecule has 1 aliphatic carbocycles. The van der Waals surface area contributed by atoms with Crippen molar-refractivity contribution in [1.82, 2.24) is 10.3 Å². The smallest absolute Gasteiger partial charge is 0.0346 e. The Morgan fingerprint density at radius 3 is 2.76 bits per heavy atom. The molecule has 1 heterocycles. The molecule has 0 unspecified atom stereocenters. The predicted molar refractivity (Wildman–Crippen MR) is 87.4 cm³/mol. The normalized spacial score (nSPS) is 13.0.